The summed E-state index contributed by atoms with van der Waals surface area (Å²) in [7, 11) is -3.73. The third-order valence-electron chi connectivity index (χ3n) is 3.01. The number of aryl methyl sites for hydroxylation is 1. The minimum absolute atomic E-state index is 0.143. The Morgan fingerprint density at radius 2 is 1.76 bits per heavy atom. The largest absolute Gasteiger partial charge is 0.265 e. The number of aromatic nitrogens is 2. The molecule has 1 N–H and O–H groups in total. The number of benzene rings is 1. The highest BCUT2D eigenvalue weighted by Gasteiger charge is 2.18. The van der Waals surface area contributed by atoms with Crippen molar-refractivity contribution in [2.75, 3.05) is 4.72 Å². The molecule has 21 heavy (non-hydrogen) atoms. The number of para-hydroxylation sites is 1. The molecule has 0 saturated carbocycles. The molecule has 6 heteroatoms. The Balaban J connectivity index is 2.09. The average molecular weight is 299 g/mol. The van der Waals surface area contributed by atoms with Crippen molar-refractivity contribution in [1.29, 1.82) is 0 Å². The van der Waals surface area contributed by atoms with Crippen molar-refractivity contribution in [3.05, 3.63) is 60.4 Å². The van der Waals surface area contributed by atoms with Crippen molar-refractivity contribution in [3.63, 3.8) is 0 Å². The first-order valence-electron chi connectivity index (χ1n) is 6.36. The van der Waals surface area contributed by atoms with E-state index in [4.69, 9.17) is 0 Å². The Hall–Kier alpha value is -2.47. The van der Waals surface area contributed by atoms with E-state index >= 15 is 0 Å². The second kappa shape index (κ2) is 5.14. The van der Waals surface area contributed by atoms with Gasteiger partial charge in [0.25, 0.3) is 10.0 Å². The first-order valence-corrected chi connectivity index (χ1v) is 7.85. The van der Waals surface area contributed by atoms with Crippen LogP contribution in [0.3, 0.4) is 0 Å². The fourth-order valence-corrected chi connectivity index (χ4v) is 3.27. The number of hydrogen-bond acceptors (Lipinski definition) is 4. The summed E-state index contributed by atoms with van der Waals surface area (Å²) in [6.07, 6.45) is 1.58. The molecule has 0 saturated heterocycles. The van der Waals surface area contributed by atoms with E-state index in [-0.39, 0.29) is 4.90 Å². The zero-order chi connectivity index (χ0) is 14.9. The summed E-state index contributed by atoms with van der Waals surface area (Å²) in [5.74, 6) is 0.294. The lowest BCUT2D eigenvalue weighted by atomic mass is 10.2. The van der Waals surface area contributed by atoms with E-state index in [9.17, 15) is 8.42 Å². The molecule has 0 aliphatic rings. The normalized spacial score (nSPS) is 11.5. The van der Waals surface area contributed by atoms with E-state index in [0.717, 1.165) is 11.1 Å². The van der Waals surface area contributed by atoms with Crippen LogP contribution >= 0.6 is 0 Å². The average Bonchev–Trinajstić information content (AvgIpc) is 2.46. The Bertz CT molecular complexity index is 902. The molecular weight excluding hydrogens is 286 g/mol. The molecule has 0 atom stereocenters. The predicted octanol–water partition coefficient (Wildman–Crippen LogP) is 2.74. The van der Waals surface area contributed by atoms with E-state index in [1.54, 1.807) is 43.5 Å². The molecule has 3 aromatic rings. The van der Waals surface area contributed by atoms with Crippen molar-refractivity contribution in [2.24, 2.45) is 0 Å². The monoisotopic (exact) mass is 299 g/mol. The van der Waals surface area contributed by atoms with Gasteiger partial charge in [0.05, 0.1) is 5.52 Å². The standard InChI is InChI=1S/C15H13N3O2S/c1-11-5-2-9-14(17-11)18-21(19,20)13-8-3-6-12-7-4-10-16-15(12)13/h2-10H,1H3,(H,17,18). The van der Waals surface area contributed by atoms with Gasteiger partial charge in [0, 0.05) is 17.3 Å². The molecule has 0 bridgehead atoms. The van der Waals surface area contributed by atoms with Gasteiger partial charge in [-0.25, -0.2) is 13.4 Å². The van der Waals surface area contributed by atoms with Crippen LogP contribution in [0.4, 0.5) is 5.82 Å². The minimum Gasteiger partial charge on any atom is -0.263 e. The van der Waals surface area contributed by atoms with Gasteiger partial charge in [0.15, 0.2) is 0 Å². The van der Waals surface area contributed by atoms with Crippen LogP contribution in [0.5, 0.6) is 0 Å². The highest BCUT2D eigenvalue weighted by atomic mass is 32.2. The molecule has 0 spiro atoms. The smallest absolute Gasteiger partial charge is 0.263 e. The number of rotatable bonds is 3. The fraction of sp³-hybridized carbons (Fsp3) is 0.0667. The van der Waals surface area contributed by atoms with E-state index in [1.165, 1.54) is 6.07 Å². The Kier molecular flexibility index (Phi) is 3.31. The number of nitrogens with one attached hydrogen (secondary N) is 1. The van der Waals surface area contributed by atoms with Crippen LogP contribution in [-0.4, -0.2) is 18.4 Å². The molecule has 0 radical (unpaired) electrons. The number of nitrogens with zero attached hydrogens (tertiary/aromatic N) is 2. The van der Waals surface area contributed by atoms with Crippen LogP contribution < -0.4 is 4.72 Å². The van der Waals surface area contributed by atoms with Crippen LogP contribution in [0.2, 0.25) is 0 Å². The topological polar surface area (TPSA) is 72.0 Å². The summed E-state index contributed by atoms with van der Waals surface area (Å²) in [4.78, 5) is 8.46. The van der Waals surface area contributed by atoms with Crippen LogP contribution in [0.25, 0.3) is 10.9 Å². The van der Waals surface area contributed by atoms with Crippen molar-refractivity contribution in [2.45, 2.75) is 11.8 Å². The Morgan fingerprint density at radius 3 is 2.57 bits per heavy atom. The molecule has 0 aliphatic carbocycles. The number of anilines is 1. The maximum atomic E-state index is 12.5. The van der Waals surface area contributed by atoms with Gasteiger partial charge in [-0.1, -0.05) is 24.3 Å². The van der Waals surface area contributed by atoms with Gasteiger partial charge in [-0.3, -0.25) is 9.71 Å². The highest BCUT2D eigenvalue weighted by molar-refractivity contribution is 7.93. The SMILES string of the molecule is Cc1cccc(NS(=O)(=O)c2cccc3cccnc23)n1. The van der Waals surface area contributed by atoms with Gasteiger partial charge < -0.3 is 0 Å². The molecule has 0 unspecified atom stereocenters. The summed E-state index contributed by atoms with van der Waals surface area (Å²) in [6.45, 7) is 1.80. The van der Waals surface area contributed by atoms with Gasteiger partial charge in [0.1, 0.15) is 10.7 Å². The third kappa shape index (κ3) is 2.71. The third-order valence-corrected chi connectivity index (χ3v) is 4.40. The van der Waals surface area contributed by atoms with E-state index in [2.05, 4.69) is 14.7 Å². The van der Waals surface area contributed by atoms with Gasteiger partial charge in [-0.05, 0) is 31.2 Å². The summed E-state index contributed by atoms with van der Waals surface area (Å²) < 4.78 is 27.6. The van der Waals surface area contributed by atoms with E-state index in [0.29, 0.717) is 11.3 Å². The molecule has 5 nitrogen and oxygen atoms in total. The Labute approximate surface area is 122 Å². The zero-order valence-corrected chi connectivity index (χ0v) is 12.1. The molecule has 0 amide bonds. The number of fused-ring (bicyclic) bond motifs is 1. The molecule has 106 valence electrons. The lowest BCUT2D eigenvalue weighted by Gasteiger charge is -2.09. The van der Waals surface area contributed by atoms with Crippen LogP contribution in [0.15, 0.2) is 59.6 Å². The summed E-state index contributed by atoms with van der Waals surface area (Å²) in [5.41, 5.74) is 1.19. The Morgan fingerprint density at radius 1 is 1.00 bits per heavy atom. The van der Waals surface area contributed by atoms with E-state index in [1.807, 2.05) is 12.1 Å². The first-order chi connectivity index (χ1) is 10.1. The number of hydrogen-bond donors (Lipinski definition) is 1. The van der Waals surface area contributed by atoms with Crippen molar-refractivity contribution in [1.82, 2.24) is 9.97 Å². The maximum Gasteiger partial charge on any atom is 0.265 e. The lowest BCUT2D eigenvalue weighted by Crippen LogP contribution is -2.14. The van der Waals surface area contributed by atoms with Crippen LogP contribution in [0.1, 0.15) is 5.69 Å². The van der Waals surface area contributed by atoms with Gasteiger partial charge >= 0.3 is 0 Å². The van der Waals surface area contributed by atoms with Gasteiger partial charge in [-0.2, -0.15) is 0 Å². The second-order valence-electron chi connectivity index (χ2n) is 4.60. The predicted molar refractivity (Wildman–Crippen MR) is 81.5 cm³/mol. The molecule has 0 aliphatic heterocycles. The molecule has 1 aromatic carbocycles. The molecule has 0 fully saturated rings. The lowest BCUT2D eigenvalue weighted by molar-refractivity contribution is 0.601. The van der Waals surface area contributed by atoms with Crippen LogP contribution in [0, 0.1) is 6.92 Å². The fourth-order valence-electron chi connectivity index (χ4n) is 2.09. The number of pyridine rings is 2. The van der Waals surface area contributed by atoms with Crippen LogP contribution in [-0.2, 0) is 10.0 Å². The van der Waals surface area contributed by atoms with Crippen molar-refractivity contribution in [3.8, 4) is 0 Å². The van der Waals surface area contributed by atoms with E-state index < -0.39 is 10.0 Å². The maximum absolute atomic E-state index is 12.5. The van der Waals surface area contributed by atoms with Gasteiger partial charge in [0.2, 0.25) is 0 Å². The quantitative estimate of drug-likeness (QED) is 0.807. The number of sulfonamides is 1. The van der Waals surface area contributed by atoms with Crippen molar-refractivity contribution < 1.29 is 8.42 Å². The molecule has 2 heterocycles. The molecule has 3 rings (SSSR count). The minimum atomic E-state index is -3.73. The zero-order valence-electron chi connectivity index (χ0n) is 11.3. The summed E-state index contributed by atoms with van der Waals surface area (Å²) >= 11 is 0. The molecular formula is C15H13N3O2S. The highest BCUT2D eigenvalue weighted by Crippen LogP contribution is 2.22. The van der Waals surface area contributed by atoms with Crippen molar-refractivity contribution >= 4 is 26.7 Å². The second-order valence-corrected chi connectivity index (χ2v) is 6.25. The first kappa shape index (κ1) is 13.5. The molecule has 2 aromatic heterocycles. The summed E-state index contributed by atoms with van der Waals surface area (Å²) in [6, 6.07) is 13.8. The summed E-state index contributed by atoms with van der Waals surface area (Å²) in [5, 5.41) is 0.776. The van der Waals surface area contributed by atoms with Gasteiger partial charge in [-0.15, -0.1) is 0 Å².